The molecule has 1 aliphatic rings. The molecule has 0 atom stereocenters. The van der Waals surface area contributed by atoms with E-state index in [0.717, 1.165) is 18.1 Å². The number of rotatable bonds is 4. The highest BCUT2D eigenvalue weighted by Crippen LogP contribution is 2.17. The summed E-state index contributed by atoms with van der Waals surface area (Å²) < 4.78 is 1.82. The first-order chi connectivity index (χ1) is 10.4. The number of hydrogen-bond donors (Lipinski definition) is 1. The van der Waals surface area contributed by atoms with Gasteiger partial charge in [0.1, 0.15) is 0 Å². The van der Waals surface area contributed by atoms with Gasteiger partial charge in [-0.05, 0) is 35.4 Å². The Balaban J connectivity index is 1.62. The summed E-state index contributed by atoms with van der Waals surface area (Å²) in [5.41, 5.74) is 1.01. The van der Waals surface area contributed by atoms with Crippen LogP contribution in [-0.2, 0) is 6.54 Å². The van der Waals surface area contributed by atoms with Crippen molar-refractivity contribution in [3.63, 3.8) is 0 Å². The third kappa shape index (κ3) is 3.88. The number of nitrogens with one attached hydrogen (secondary N) is 1. The Kier molecular flexibility index (Phi) is 4.94. The standard InChI is InChI=1S/C16H23N5/c1-2-5-9-14(10-6-3-1)17-13-16-18-19-20-21(16)15-11-7-4-8-12-15/h4,7-8,11-12,14,17H,1-3,5-6,9-10,13H2. The molecule has 21 heavy (non-hydrogen) atoms. The van der Waals surface area contributed by atoms with E-state index < -0.39 is 0 Å². The van der Waals surface area contributed by atoms with Crippen LogP contribution in [0.4, 0.5) is 0 Å². The SMILES string of the molecule is c1ccc(-n2nnnc2CNC2CCCCCCC2)cc1. The van der Waals surface area contributed by atoms with E-state index >= 15 is 0 Å². The average molecular weight is 285 g/mol. The van der Waals surface area contributed by atoms with Gasteiger partial charge in [0.15, 0.2) is 5.82 Å². The molecule has 0 radical (unpaired) electrons. The zero-order valence-corrected chi connectivity index (χ0v) is 12.4. The van der Waals surface area contributed by atoms with Crippen LogP contribution < -0.4 is 5.32 Å². The third-order valence-electron chi connectivity index (χ3n) is 4.19. The molecule has 5 heteroatoms. The number of para-hydroxylation sites is 1. The van der Waals surface area contributed by atoms with Crippen molar-refractivity contribution >= 4 is 0 Å². The van der Waals surface area contributed by atoms with E-state index in [-0.39, 0.29) is 0 Å². The van der Waals surface area contributed by atoms with Crippen molar-refractivity contribution in [3.05, 3.63) is 36.2 Å². The predicted molar refractivity (Wildman–Crippen MR) is 82.1 cm³/mol. The molecule has 1 aromatic carbocycles. The van der Waals surface area contributed by atoms with Gasteiger partial charge in [0.2, 0.25) is 0 Å². The minimum Gasteiger partial charge on any atom is -0.307 e. The summed E-state index contributed by atoms with van der Waals surface area (Å²) in [6.45, 7) is 0.729. The fourth-order valence-corrected chi connectivity index (χ4v) is 2.98. The summed E-state index contributed by atoms with van der Waals surface area (Å²) in [4.78, 5) is 0. The molecule has 1 aliphatic carbocycles. The van der Waals surface area contributed by atoms with Gasteiger partial charge in [-0.2, -0.15) is 4.68 Å². The maximum atomic E-state index is 4.16. The molecule has 1 N–H and O–H groups in total. The molecule has 0 bridgehead atoms. The molecule has 0 spiro atoms. The maximum Gasteiger partial charge on any atom is 0.170 e. The molecule has 1 fully saturated rings. The van der Waals surface area contributed by atoms with Crippen LogP contribution in [0, 0.1) is 0 Å². The summed E-state index contributed by atoms with van der Waals surface area (Å²) in [7, 11) is 0. The van der Waals surface area contributed by atoms with Gasteiger partial charge in [-0.15, -0.1) is 5.10 Å². The minimum atomic E-state index is 0.603. The lowest BCUT2D eigenvalue weighted by molar-refractivity contribution is 0.384. The lowest BCUT2D eigenvalue weighted by atomic mass is 9.97. The fraction of sp³-hybridized carbons (Fsp3) is 0.562. The molecule has 5 nitrogen and oxygen atoms in total. The monoisotopic (exact) mass is 285 g/mol. The number of hydrogen-bond acceptors (Lipinski definition) is 4. The van der Waals surface area contributed by atoms with Crippen molar-refractivity contribution in [2.45, 2.75) is 57.5 Å². The number of aromatic nitrogens is 4. The van der Waals surface area contributed by atoms with Crippen LogP contribution in [-0.4, -0.2) is 26.2 Å². The van der Waals surface area contributed by atoms with E-state index in [0.29, 0.717) is 6.04 Å². The van der Waals surface area contributed by atoms with Gasteiger partial charge in [-0.1, -0.05) is 50.3 Å². The van der Waals surface area contributed by atoms with E-state index in [1.165, 1.54) is 44.9 Å². The van der Waals surface area contributed by atoms with Crippen molar-refractivity contribution < 1.29 is 0 Å². The summed E-state index contributed by atoms with van der Waals surface area (Å²) in [6, 6.07) is 10.7. The molecule has 112 valence electrons. The van der Waals surface area contributed by atoms with E-state index in [4.69, 9.17) is 0 Å². The Morgan fingerprint density at radius 1 is 1.00 bits per heavy atom. The summed E-state index contributed by atoms with van der Waals surface area (Å²) in [5.74, 6) is 0.878. The molecule has 2 aromatic rings. The van der Waals surface area contributed by atoms with Gasteiger partial charge in [0, 0.05) is 6.04 Å². The van der Waals surface area contributed by atoms with Gasteiger partial charge >= 0.3 is 0 Å². The van der Waals surface area contributed by atoms with E-state index in [1.807, 2.05) is 35.0 Å². The first kappa shape index (κ1) is 14.2. The zero-order valence-electron chi connectivity index (χ0n) is 12.4. The average Bonchev–Trinajstić information content (AvgIpc) is 2.95. The molecule has 3 rings (SSSR count). The number of nitrogens with zero attached hydrogens (tertiary/aromatic N) is 4. The van der Waals surface area contributed by atoms with Crippen LogP contribution in [0.3, 0.4) is 0 Å². The first-order valence-corrected chi connectivity index (χ1v) is 7.99. The highest BCUT2D eigenvalue weighted by Gasteiger charge is 2.13. The Hall–Kier alpha value is -1.75. The normalized spacial score (nSPS) is 17.3. The van der Waals surface area contributed by atoms with E-state index in [1.54, 1.807) is 0 Å². The second-order valence-corrected chi connectivity index (χ2v) is 5.77. The predicted octanol–water partition coefficient (Wildman–Crippen LogP) is 2.86. The summed E-state index contributed by atoms with van der Waals surface area (Å²) in [6.07, 6.45) is 9.36. The minimum absolute atomic E-state index is 0.603. The van der Waals surface area contributed by atoms with Crippen molar-refractivity contribution in [2.24, 2.45) is 0 Å². The maximum absolute atomic E-state index is 4.16. The van der Waals surface area contributed by atoms with Gasteiger partial charge in [-0.25, -0.2) is 0 Å². The topological polar surface area (TPSA) is 55.6 Å². The van der Waals surface area contributed by atoms with Crippen LogP contribution in [0.5, 0.6) is 0 Å². The molecular formula is C16H23N5. The highest BCUT2D eigenvalue weighted by molar-refractivity contribution is 5.30. The lowest BCUT2D eigenvalue weighted by Gasteiger charge is -2.20. The van der Waals surface area contributed by atoms with Crippen LogP contribution in [0.25, 0.3) is 5.69 Å². The van der Waals surface area contributed by atoms with Crippen molar-refractivity contribution in [3.8, 4) is 5.69 Å². The Morgan fingerprint density at radius 2 is 1.71 bits per heavy atom. The van der Waals surface area contributed by atoms with Crippen LogP contribution in [0.1, 0.15) is 50.8 Å². The van der Waals surface area contributed by atoms with Crippen LogP contribution in [0.2, 0.25) is 0 Å². The van der Waals surface area contributed by atoms with Crippen LogP contribution >= 0.6 is 0 Å². The molecule has 0 aliphatic heterocycles. The number of benzene rings is 1. The highest BCUT2D eigenvalue weighted by atomic mass is 15.5. The summed E-state index contributed by atoms with van der Waals surface area (Å²) in [5, 5.41) is 15.7. The molecule has 1 saturated carbocycles. The second-order valence-electron chi connectivity index (χ2n) is 5.77. The van der Waals surface area contributed by atoms with E-state index in [9.17, 15) is 0 Å². The molecule has 0 amide bonds. The molecule has 0 unspecified atom stereocenters. The van der Waals surface area contributed by atoms with Crippen molar-refractivity contribution in [1.82, 2.24) is 25.5 Å². The molecule has 1 heterocycles. The third-order valence-corrected chi connectivity index (χ3v) is 4.19. The van der Waals surface area contributed by atoms with Crippen molar-refractivity contribution in [1.29, 1.82) is 0 Å². The Morgan fingerprint density at radius 3 is 2.48 bits per heavy atom. The Labute approximate surface area is 125 Å². The number of tetrazole rings is 1. The Bertz CT molecular complexity index is 529. The molecule has 0 saturated heterocycles. The van der Waals surface area contributed by atoms with Gasteiger partial charge in [-0.3, -0.25) is 0 Å². The molecular weight excluding hydrogens is 262 g/mol. The van der Waals surface area contributed by atoms with E-state index in [2.05, 4.69) is 20.8 Å². The van der Waals surface area contributed by atoms with Gasteiger partial charge in [0.25, 0.3) is 0 Å². The lowest BCUT2D eigenvalue weighted by Crippen LogP contribution is -2.30. The second kappa shape index (κ2) is 7.31. The van der Waals surface area contributed by atoms with Crippen molar-refractivity contribution in [2.75, 3.05) is 0 Å². The fourth-order valence-electron chi connectivity index (χ4n) is 2.98. The largest absolute Gasteiger partial charge is 0.307 e. The van der Waals surface area contributed by atoms with Crippen LogP contribution in [0.15, 0.2) is 30.3 Å². The smallest absolute Gasteiger partial charge is 0.170 e. The zero-order chi connectivity index (χ0) is 14.3. The quantitative estimate of drug-likeness (QED) is 0.938. The molecule has 1 aromatic heterocycles. The first-order valence-electron chi connectivity index (χ1n) is 7.99. The summed E-state index contributed by atoms with van der Waals surface area (Å²) >= 11 is 0. The van der Waals surface area contributed by atoms with Gasteiger partial charge in [0.05, 0.1) is 12.2 Å². The van der Waals surface area contributed by atoms with Gasteiger partial charge < -0.3 is 5.32 Å².